The van der Waals surface area contributed by atoms with Crippen LogP contribution in [0.5, 0.6) is 5.75 Å². The fourth-order valence-electron chi connectivity index (χ4n) is 3.85. The maximum absolute atomic E-state index is 12.3. The second-order valence-electron chi connectivity index (χ2n) is 7.44. The standard InChI is InChI=1S/C20H26N4O3S/c25-16-9-7-14(8-10-16)19-22-23-20(24(19)12-17-6-3-11-27-17)28-13-18(26)21-15-4-1-2-5-15/h7-10,15,17,25H,1-6,11-13H2,(H,21,26). The summed E-state index contributed by atoms with van der Waals surface area (Å²) < 4.78 is 7.84. The number of carbonyl (C=O) groups excluding carboxylic acids is 1. The largest absolute Gasteiger partial charge is 0.508 e. The number of hydrogen-bond donors (Lipinski definition) is 2. The number of hydrogen-bond acceptors (Lipinski definition) is 6. The SMILES string of the molecule is O=C(CSc1nnc(-c2ccc(O)cc2)n1CC1CCCO1)NC1CCCC1. The van der Waals surface area contributed by atoms with Gasteiger partial charge in [0.2, 0.25) is 5.91 Å². The number of carbonyl (C=O) groups is 1. The molecule has 1 aliphatic carbocycles. The number of ether oxygens (including phenoxy) is 1. The van der Waals surface area contributed by atoms with Crippen molar-refractivity contribution in [3.05, 3.63) is 24.3 Å². The van der Waals surface area contributed by atoms with Gasteiger partial charge in [0, 0.05) is 18.2 Å². The van der Waals surface area contributed by atoms with Gasteiger partial charge in [-0.1, -0.05) is 24.6 Å². The molecule has 1 amide bonds. The van der Waals surface area contributed by atoms with Crippen LogP contribution in [0, 0.1) is 0 Å². The van der Waals surface area contributed by atoms with Gasteiger partial charge in [-0.25, -0.2) is 0 Å². The molecule has 1 saturated heterocycles. The second-order valence-corrected chi connectivity index (χ2v) is 8.38. The maximum atomic E-state index is 12.3. The van der Waals surface area contributed by atoms with E-state index in [1.807, 2.05) is 16.7 Å². The van der Waals surface area contributed by atoms with Crippen molar-refractivity contribution < 1.29 is 14.6 Å². The van der Waals surface area contributed by atoms with Gasteiger partial charge in [0.25, 0.3) is 0 Å². The fraction of sp³-hybridized carbons (Fsp3) is 0.550. The molecule has 1 aromatic carbocycles. The Bertz CT molecular complexity index is 796. The van der Waals surface area contributed by atoms with Crippen LogP contribution >= 0.6 is 11.8 Å². The molecule has 0 bridgehead atoms. The number of benzene rings is 1. The number of amides is 1. The quantitative estimate of drug-likeness (QED) is 0.692. The van der Waals surface area contributed by atoms with E-state index in [1.165, 1.54) is 24.6 Å². The van der Waals surface area contributed by atoms with Crippen molar-refractivity contribution >= 4 is 17.7 Å². The van der Waals surface area contributed by atoms with E-state index in [1.54, 1.807) is 12.1 Å². The number of nitrogens with zero attached hydrogens (tertiary/aromatic N) is 3. The third kappa shape index (κ3) is 4.67. The Balaban J connectivity index is 1.48. The van der Waals surface area contributed by atoms with Crippen LogP contribution < -0.4 is 5.32 Å². The van der Waals surface area contributed by atoms with Gasteiger partial charge in [0.15, 0.2) is 11.0 Å². The molecule has 4 rings (SSSR count). The zero-order valence-corrected chi connectivity index (χ0v) is 16.7. The highest BCUT2D eigenvalue weighted by molar-refractivity contribution is 7.99. The van der Waals surface area contributed by atoms with Crippen LogP contribution in [0.4, 0.5) is 0 Å². The van der Waals surface area contributed by atoms with Crippen LogP contribution in [-0.4, -0.2) is 50.3 Å². The molecule has 2 fully saturated rings. The van der Waals surface area contributed by atoms with Crippen molar-refractivity contribution in [2.45, 2.75) is 62.4 Å². The molecule has 2 aromatic rings. The number of thioether (sulfide) groups is 1. The van der Waals surface area contributed by atoms with Crippen LogP contribution in [0.3, 0.4) is 0 Å². The number of aromatic nitrogens is 3. The van der Waals surface area contributed by atoms with Crippen molar-refractivity contribution in [2.24, 2.45) is 0 Å². The molecule has 1 aliphatic heterocycles. The van der Waals surface area contributed by atoms with Gasteiger partial charge < -0.3 is 15.2 Å². The molecule has 150 valence electrons. The summed E-state index contributed by atoms with van der Waals surface area (Å²) in [5, 5.41) is 22.1. The number of phenolic OH excluding ortho intramolecular Hbond substituents is 1. The summed E-state index contributed by atoms with van der Waals surface area (Å²) in [5.41, 5.74) is 0.880. The first-order valence-corrected chi connectivity index (χ1v) is 10.9. The van der Waals surface area contributed by atoms with E-state index in [9.17, 15) is 9.90 Å². The van der Waals surface area contributed by atoms with E-state index in [0.717, 1.165) is 48.8 Å². The monoisotopic (exact) mass is 402 g/mol. The first-order valence-electron chi connectivity index (χ1n) is 9.95. The van der Waals surface area contributed by atoms with E-state index in [-0.39, 0.29) is 17.8 Å². The Morgan fingerprint density at radius 3 is 2.68 bits per heavy atom. The molecular formula is C20H26N4O3S. The summed E-state index contributed by atoms with van der Waals surface area (Å²) in [5.74, 6) is 1.33. The van der Waals surface area contributed by atoms with E-state index < -0.39 is 0 Å². The minimum atomic E-state index is 0.0507. The summed E-state index contributed by atoms with van der Waals surface area (Å²) in [6.07, 6.45) is 6.77. The minimum Gasteiger partial charge on any atom is -0.508 e. The van der Waals surface area contributed by atoms with Gasteiger partial charge in [0.1, 0.15) is 5.75 Å². The normalized spacial score (nSPS) is 19.9. The third-order valence-electron chi connectivity index (χ3n) is 5.31. The maximum Gasteiger partial charge on any atom is 0.230 e. The van der Waals surface area contributed by atoms with Crippen LogP contribution in [-0.2, 0) is 16.1 Å². The number of phenols is 1. The molecular weight excluding hydrogens is 376 g/mol. The van der Waals surface area contributed by atoms with E-state index in [4.69, 9.17) is 4.74 Å². The lowest BCUT2D eigenvalue weighted by atomic mass is 10.2. The zero-order valence-electron chi connectivity index (χ0n) is 15.8. The van der Waals surface area contributed by atoms with E-state index >= 15 is 0 Å². The van der Waals surface area contributed by atoms with Gasteiger partial charge in [-0.2, -0.15) is 0 Å². The van der Waals surface area contributed by atoms with E-state index in [0.29, 0.717) is 18.3 Å². The Morgan fingerprint density at radius 1 is 1.18 bits per heavy atom. The van der Waals surface area contributed by atoms with Gasteiger partial charge in [-0.05, 0) is 49.9 Å². The number of nitrogens with one attached hydrogen (secondary N) is 1. The molecule has 0 spiro atoms. The average molecular weight is 403 g/mol. The van der Waals surface area contributed by atoms with Gasteiger partial charge in [0.05, 0.1) is 18.4 Å². The lowest BCUT2D eigenvalue weighted by Gasteiger charge is -2.15. The highest BCUT2D eigenvalue weighted by Gasteiger charge is 2.23. The predicted octanol–water partition coefficient (Wildman–Crippen LogP) is 2.98. The van der Waals surface area contributed by atoms with Crippen molar-refractivity contribution in [1.82, 2.24) is 20.1 Å². The molecule has 8 heteroatoms. The molecule has 7 nitrogen and oxygen atoms in total. The van der Waals surface area contributed by atoms with Crippen LogP contribution in [0.2, 0.25) is 0 Å². The first-order chi connectivity index (χ1) is 13.7. The average Bonchev–Trinajstić information content (AvgIpc) is 3.44. The lowest BCUT2D eigenvalue weighted by Crippen LogP contribution is -2.33. The smallest absolute Gasteiger partial charge is 0.230 e. The van der Waals surface area contributed by atoms with Crippen LogP contribution in [0.1, 0.15) is 38.5 Å². The third-order valence-corrected chi connectivity index (χ3v) is 6.27. The number of rotatable bonds is 7. The Hall–Kier alpha value is -2.06. The molecule has 1 unspecified atom stereocenters. The molecule has 2 heterocycles. The molecule has 2 N–H and O–H groups in total. The van der Waals surface area contributed by atoms with Crippen LogP contribution in [0.15, 0.2) is 29.4 Å². The molecule has 1 atom stereocenters. The summed E-state index contributed by atoms with van der Waals surface area (Å²) in [6, 6.07) is 7.26. The summed E-state index contributed by atoms with van der Waals surface area (Å²) in [7, 11) is 0. The second kappa shape index (κ2) is 8.96. The van der Waals surface area contributed by atoms with Gasteiger partial charge in [-0.15, -0.1) is 10.2 Å². The van der Waals surface area contributed by atoms with Crippen LogP contribution in [0.25, 0.3) is 11.4 Å². The first kappa shape index (κ1) is 19.3. The predicted molar refractivity (Wildman–Crippen MR) is 107 cm³/mol. The van der Waals surface area contributed by atoms with E-state index in [2.05, 4.69) is 15.5 Å². The highest BCUT2D eigenvalue weighted by Crippen LogP contribution is 2.27. The van der Waals surface area contributed by atoms with Crippen molar-refractivity contribution in [2.75, 3.05) is 12.4 Å². The lowest BCUT2D eigenvalue weighted by molar-refractivity contribution is -0.119. The topological polar surface area (TPSA) is 89.3 Å². The Labute approximate surface area is 168 Å². The van der Waals surface area contributed by atoms with Crippen molar-refractivity contribution in [1.29, 1.82) is 0 Å². The molecule has 1 saturated carbocycles. The van der Waals surface area contributed by atoms with Crippen molar-refractivity contribution in [3.63, 3.8) is 0 Å². The summed E-state index contributed by atoms with van der Waals surface area (Å²) in [4.78, 5) is 12.3. The summed E-state index contributed by atoms with van der Waals surface area (Å²) >= 11 is 1.41. The molecule has 0 radical (unpaired) electrons. The van der Waals surface area contributed by atoms with Crippen molar-refractivity contribution in [3.8, 4) is 17.1 Å². The minimum absolute atomic E-state index is 0.0507. The highest BCUT2D eigenvalue weighted by atomic mass is 32.2. The Kier molecular flexibility index (Phi) is 6.17. The zero-order chi connectivity index (χ0) is 19.3. The molecule has 1 aromatic heterocycles. The van der Waals surface area contributed by atoms with Gasteiger partial charge >= 0.3 is 0 Å². The summed E-state index contributed by atoms with van der Waals surface area (Å²) in [6.45, 7) is 1.45. The van der Waals surface area contributed by atoms with Gasteiger partial charge in [-0.3, -0.25) is 9.36 Å². The fourth-order valence-corrected chi connectivity index (χ4v) is 4.60. The number of aromatic hydroxyl groups is 1. The Morgan fingerprint density at radius 2 is 1.96 bits per heavy atom. The molecule has 2 aliphatic rings. The molecule has 28 heavy (non-hydrogen) atoms.